The van der Waals surface area contributed by atoms with Gasteiger partial charge in [-0.05, 0) is 31.1 Å². The second kappa shape index (κ2) is 6.63. The molecule has 4 rings (SSSR count). The minimum Gasteiger partial charge on any atom is -0.367 e. The molecule has 1 saturated heterocycles. The molecule has 0 aliphatic carbocycles. The number of sulfonamides is 1. The predicted molar refractivity (Wildman–Crippen MR) is 104 cm³/mol. The van der Waals surface area contributed by atoms with Crippen molar-refractivity contribution < 1.29 is 8.42 Å². The van der Waals surface area contributed by atoms with Crippen LogP contribution in [0.3, 0.4) is 0 Å². The lowest BCUT2D eigenvalue weighted by atomic mass is 10.0. The first-order valence-corrected chi connectivity index (χ1v) is 10.7. The number of nitrogens with zero attached hydrogens (tertiary/aromatic N) is 3. The molecular weight excluding hydrogens is 366 g/mol. The Morgan fingerprint density at radius 3 is 2.85 bits per heavy atom. The fourth-order valence-corrected chi connectivity index (χ4v) is 4.33. The van der Waals surface area contributed by atoms with E-state index < -0.39 is 15.8 Å². The Balaban J connectivity index is 1.49. The van der Waals surface area contributed by atoms with Gasteiger partial charge >= 0.3 is 0 Å². The summed E-state index contributed by atoms with van der Waals surface area (Å²) in [6.45, 7) is 1.02. The maximum atomic E-state index is 11.6. The first-order valence-electron chi connectivity index (χ1n) is 8.82. The average molecular weight is 389 g/mol. The zero-order chi connectivity index (χ0) is 19.1. The van der Waals surface area contributed by atoms with Crippen LogP contribution < -0.4 is 16.4 Å². The number of aliphatic imine (C=N–C) groups is 1. The van der Waals surface area contributed by atoms with Gasteiger partial charge in [-0.2, -0.15) is 5.10 Å². The van der Waals surface area contributed by atoms with E-state index in [2.05, 4.69) is 25.8 Å². The Hall–Kier alpha value is -2.43. The molecule has 0 amide bonds. The van der Waals surface area contributed by atoms with Crippen molar-refractivity contribution >= 4 is 26.8 Å². The van der Waals surface area contributed by atoms with Crippen molar-refractivity contribution in [3.8, 4) is 0 Å². The molecule has 1 atom stereocenters. The average Bonchev–Trinajstić information content (AvgIpc) is 3.09. The minimum absolute atomic E-state index is 0.158. The van der Waals surface area contributed by atoms with Crippen molar-refractivity contribution in [2.45, 2.75) is 24.7 Å². The third-order valence-electron chi connectivity index (χ3n) is 5.00. The number of amidine groups is 1. The Morgan fingerprint density at radius 1 is 1.33 bits per heavy atom. The predicted octanol–water partition coefficient (Wildman–Crippen LogP) is 0.161. The van der Waals surface area contributed by atoms with Gasteiger partial charge in [0.05, 0.1) is 18.0 Å². The molecule has 2 aliphatic heterocycles. The minimum atomic E-state index is -3.13. The van der Waals surface area contributed by atoms with Gasteiger partial charge in [-0.1, -0.05) is 6.07 Å². The normalized spacial score (nSPS) is 24.6. The number of H-pyrrole nitrogens is 1. The molecule has 2 aliphatic rings. The van der Waals surface area contributed by atoms with Crippen LogP contribution in [-0.2, 0) is 15.8 Å². The highest BCUT2D eigenvalue weighted by molar-refractivity contribution is 7.88. The highest BCUT2D eigenvalue weighted by atomic mass is 32.2. The zero-order valence-corrected chi connectivity index (χ0v) is 15.8. The molecule has 1 fully saturated rings. The number of aromatic nitrogens is 2. The quantitative estimate of drug-likeness (QED) is 0.592. The molecule has 3 heterocycles. The van der Waals surface area contributed by atoms with Gasteiger partial charge in [0.1, 0.15) is 5.84 Å². The lowest BCUT2D eigenvalue weighted by molar-refractivity contribution is 0.307. The van der Waals surface area contributed by atoms with E-state index in [1.54, 1.807) is 12.4 Å². The van der Waals surface area contributed by atoms with Gasteiger partial charge in [0.15, 0.2) is 0 Å². The molecule has 9 nitrogen and oxygen atoms in total. The highest BCUT2D eigenvalue weighted by Crippen LogP contribution is 2.23. The number of hydrogen-bond acceptors (Lipinski definition) is 7. The van der Waals surface area contributed by atoms with Gasteiger partial charge in [-0.25, -0.2) is 17.7 Å². The monoisotopic (exact) mass is 389 g/mol. The van der Waals surface area contributed by atoms with Crippen LogP contribution in [0.1, 0.15) is 18.4 Å². The fraction of sp³-hybridized carbons (Fsp3) is 0.412. The summed E-state index contributed by atoms with van der Waals surface area (Å²) in [6.07, 6.45) is 8.07. The summed E-state index contributed by atoms with van der Waals surface area (Å²) < 4.78 is 24.8. The molecule has 0 saturated carbocycles. The van der Waals surface area contributed by atoms with Gasteiger partial charge in [-0.3, -0.25) is 10.8 Å². The van der Waals surface area contributed by atoms with Crippen LogP contribution in [0, 0.1) is 0 Å². The molecule has 1 aromatic heterocycles. The van der Waals surface area contributed by atoms with Crippen molar-refractivity contribution in [3.05, 3.63) is 42.2 Å². The second-order valence-electron chi connectivity index (χ2n) is 6.99. The van der Waals surface area contributed by atoms with Crippen LogP contribution in [0.15, 0.2) is 41.7 Å². The second-order valence-corrected chi connectivity index (χ2v) is 8.98. The topological polar surface area (TPSA) is 128 Å². The molecule has 10 heteroatoms. The van der Waals surface area contributed by atoms with E-state index in [1.165, 1.54) is 10.6 Å². The van der Waals surface area contributed by atoms with E-state index in [0.29, 0.717) is 18.9 Å². The largest absolute Gasteiger partial charge is 0.367 e. The molecule has 0 bridgehead atoms. The van der Waals surface area contributed by atoms with E-state index in [-0.39, 0.29) is 6.04 Å². The van der Waals surface area contributed by atoms with Crippen molar-refractivity contribution in [2.24, 2.45) is 10.7 Å². The number of piperidine rings is 1. The molecule has 1 aromatic carbocycles. The first-order chi connectivity index (χ1) is 12.8. The standard InChI is InChI=1S/C17H23N7O2S/c1-27(25,26)24-8-5-14(6-9-24)21-16-4-7-19-17(18,22-16)13-2-3-15-12(10-13)11-20-23-15/h2-4,7,10-11,14,19H,5-6,8-9,18H2,1H3,(H,20,23)(H,21,22). The summed E-state index contributed by atoms with van der Waals surface area (Å²) in [5.74, 6) is -0.392. The van der Waals surface area contributed by atoms with Gasteiger partial charge in [0, 0.05) is 36.3 Å². The Kier molecular flexibility index (Phi) is 4.41. The lowest BCUT2D eigenvalue weighted by Gasteiger charge is -2.34. The Morgan fingerprint density at radius 2 is 2.11 bits per heavy atom. The van der Waals surface area contributed by atoms with E-state index in [4.69, 9.17) is 5.73 Å². The first kappa shape index (κ1) is 18.0. The molecule has 0 spiro atoms. The highest BCUT2D eigenvalue weighted by Gasteiger charge is 2.30. The molecule has 2 aromatic rings. The zero-order valence-electron chi connectivity index (χ0n) is 15.0. The summed E-state index contributed by atoms with van der Waals surface area (Å²) >= 11 is 0. The van der Waals surface area contributed by atoms with Crippen LogP contribution in [0.5, 0.6) is 0 Å². The van der Waals surface area contributed by atoms with Gasteiger partial charge in [0.25, 0.3) is 0 Å². The van der Waals surface area contributed by atoms with Crippen LogP contribution >= 0.6 is 0 Å². The number of hydrogen-bond donors (Lipinski definition) is 4. The Bertz CT molecular complexity index is 1010. The number of rotatable bonds is 3. The van der Waals surface area contributed by atoms with Gasteiger partial charge < -0.3 is 10.6 Å². The fourth-order valence-electron chi connectivity index (χ4n) is 3.46. The number of nitrogens with one attached hydrogen (secondary N) is 3. The van der Waals surface area contributed by atoms with E-state index in [1.807, 2.05) is 24.3 Å². The van der Waals surface area contributed by atoms with Crippen LogP contribution in [0.25, 0.3) is 10.9 Å². The maximum absolute atomic E-state index is 11.6. The number of fused-ring (bicyclic) bond motifs is 1. The number of nitrogens with two attached hydrogens (primary N) is 1. The van der Waals surface area contributed by atoms with Crippen LogP contribution in [-0.4, -0.2) is 54.1 Å². The summed E-state index contributed by atoms with van der Waals surface area (Å²) in [5.41, 5.74) is 8.27. The molecular formula is C17H23N7O2S. The van der Waals surface area contributed by atoms with E-state index in [9.17, 15) is 8.42 Å². The van der Waals surface area contributed by atoms with E-state index in [0.717, 1.165) is 29.3 Å². The molecule has 5 N–H and O–H groups in total. The van der Waals surface area contributed by atoms with Crippen LogP contribution in [0.2, 0.25) is 0 Å². The summed E-state index contributed by atoms with van der Waals surface area (Å²) in [5, 5.41) is 14.4. The van der Waals surface area contributed by atoms with Crippen molar-refractivity contribution in [2.75, 3.05) is 19.3 Å². The van der Waals surface area contributed by atoms with Crippen molar-refractivity contribution in [3.63, 3.8) is 0 Å². The lowest BCUT2D eigenvalue weighted by Crippen LogP contribution is -2.52. The third kappa shape index (κ3) is 3.68. The molecule has 0 radical (unpaired) electrons. The molecule has 1 unspecified atom stereocenters. The van der Waals surface area contributed by atoms with Crippen molar-refractivity contribution in [1.82, 2.24) is 25.1 Å². The molecule has 27 heavy (non-hydrogen) atoms. The van der Waals surface area contributed by atoms with Gasteiger partial charge in [0.2, 0.25) is 15.8 Å². The number of benzene rings is 1. The SMILES string of the molecule is CS(=O)(=O)N1CCC(NC2=NC(N)(c3ccc4[nH]ncc4c3)NC=C2)CC1. The number of aromatic amines is 1. The smallest absolute Gasteiger partial charge is 0.211 e. The Labute approximate surface area is 157 Å². The third-order valence-corrected chi connectivity index (χ3v) is 6.30. The maximum Gasteiger partial charge on any atom is 0.211 e. The van der Waals surface area contributed by atoms with Crippen molar-refractivity contribution in [1.29, 1.82) is 0 Å². The van der Waals surface area contributed by atoms with E-state index >= 15 is 0 Å². The summed E-state index contributed by atoms with van der Waals surface area (Å²) in [4.78, 5) is 4.66. The molecule has 144 valence electrons. The van der Waals surface area contributed by atoms with Crippen LogP contribution in [0.4, 0.5) is 0 Å². The van der Waals surface area contributed by atoms with Gasteiger partial charge in [-0.15, -0.1) is 0 Å². The summed E-state index contributed by atoms with van der Waals surface area (Å²) in [6, 6.07) is 5.95. The summed E-state index contributed by atoms with van der Waals surface area (Å²) in [7, 11) is -3.13.